The number of hydrogen-bond donors (Lipinski definition) is 1. The van der Waals surface area contributed by atoms with E-state index in [1.54, 1.807) is 0 Å². The van der Waals surface area contributed by atoms with Crippen LogP contribution in [0.5, 0.6) is 0 Å². The van der Waals surface area contributed by atoms with Crippen LogP contribution in [0.2, 0.25) is 0 Å². The predicted octanol–water partition coefficient (Wildman–Crippen LogP) is 5.13. The molecule has 0 aliphatic heterocycles. The molecule has 0 saturated carbocycles. The van der Waals surface area contributed by atoms with E-state index in [4.69, 9.17) is 0 Å². The van der Waals surface area contributed by atoms with Crippen LogP contribution in [0.1, 0.15) is 31.9 Å². The summed E-state index contributed by atoms with van der Waals surface area (Å²) in [6, 6.07) is 17.1. The summed E-state index contributed by atoms with van der Waals surface area (Å²) in [5, 5.41) is 3.47. The van der Waals surface area contributed by atoms with Crippen molar-refractivity contribution in [2.75, 3.05) is 24.3 Å². The maximum atomic E-state index is 3.47. The Hall–Kier alpha value is -2.22. The average Bonchev–Trinajstić information content (AvgIpc) is 2.45. The molecule has 0 spiro atoms. The molecular weight excluding hydrogens is 268 g/mol. The molecule has 2 nitrogen and oxygen atoms in total. The van der Waals surface area contributed by atoms with Crippen LogP contribution in [0.15, 0.2) is 48.5 Å². The zero-order valence-electron chi connectivity index (χ0n) is 14.2. The molecular formula is C20H26N2. The Labute approximate surface area is 134 Å². The number of hydrogen-bond acceptors (Lipinski definition) is 2. The summed E-state index contributed by atoms with van der Waals surface area (Å²) >= 11 is 0. The van der Waals surface area contributed by atoms with Crippen LogP contribution in [-0.2, 0) is 0 Å². The number of nitrogens with zero attached hydrogens (tertiary/aromatic N) is 1. The first-order valence-corrected chi connectivity index (χ1v) is 7.67. The predicted molar refractivity (Wildman–Crippen MR) is 99.5 cm³/mol. The first-order chi connectivity index (χ1) is 10.3. The van der Waals surface area contributed by atoms with Gasteiger partial charge >= 0.3 is 0 Å². The van der Waals surface area contributed by atoms with Gasteiger partial charge in [-0.3, -0.25) is 0 Å². The van der Waals surface area contributed by atoms with Crippen molar-refractivity contribution in [3.05, 3.63) is 59.7 Å². The molecule has 1 N–H and O–H groups in total. The Bertz CT molecular complexity index is 614. The maximum Gasteiger partial charge on any atom is 0.0361 e. The van der Waals surface area contributed by atoms with Crippen molar-refractivity contribution in [1.29, 1.82) is 0 Å². The highest BCUT2D eigenvalue weighted by atomic mass is 15.1. The highest BCUT2D eigenvalue weighted by molar-refractivity contribution is 5.71. The van der Waals surface area contributed by atoms with Gasteiger partial charge in [0.05, 0.1) is 0 Å². The fourth-order valence-corrected chi connectivity index (χ4v) is 2.19. The van der Waals surface area contributed by atoms with E-state index in [0.29, 0.717) is 0 Å². The van der Waals surface area contributed by atoms with Gasteiger partial charge < -0.3 is 10.2 Å². The van der Waals surface area contributed by atoms with Crippen molar-refractivity contribution in [1.82, 2.24) is 0 Å². The van der Waals surface area contributed by atoms with E-state index in [9.17, 15) is 0 Å². The second-order valence-electron chi connectivity index (χ2n) is 6.82. The molecule has 2 aromatic carbocycles. The molecule has 0 atom stereocenters. The van der Waals surface area contributed by atoms with Crippen molar-refractivity contribution in [2.45, 2.75) is 26.3 Å². The summed E-state index contributed by atoms with van der Waals surface area (Å²) in [6.07, 6.45) is 4.29. The first kappa shape index (κ1) is 16.2. The lowest BCUT2D eigenvalue weighted by Gasteiger charge is -2.22. The van der Waals surface area contributed by atoms with Crippen LogP contribution in [0, 0.1) is 0 Å². The van der Waals surface area contributed by atoms with E-state index in [2.05, 4.69) is 106 Å². The Morgan fingerprint density at radius 1 is 0.773 bits per heavy atom. The van der Waals surface area contributed by atoms with Gasteiger partial charge in [0.1, 0.15) is 0 Å². The zero-order valence-corrected chi connectivity index (χ0v) is 14.2. The minimum atomic E-state index is 0.0888. The molecule has 0 unspecified atom stereocenters. The van der Waals surface area contributed by atoms with E-state index in [1.807, 2.05) is 0 Å². The van der Waals surface area contributed by atoms with Gasteiger partial charge in [-0.1, -0.05) is 36.4 Å². The zero-order chi connectivity index (χ0) is 16.2. The van der Waals surface area contributed by atoms with Crippen LogP contribution in [0.4, 0.5) is 11.4 Å². The van der Waals surface area contributed by atoms with Crippen molar-refractivity contribution in [2.24, 2.45) is 0 Å². The summed E-state index contributed by atoms with van der Waals surface area (Å²) < 4.78 is 0. The molecule has 2 heteroatoms. The third-order valence-corrected chi connectivity index (χ3v) is 3.31. The normalized spacial score (nSPS) is 11.7. The fraction of sp³-hybridized carbons (Fsp3) is 0.300. The quantitative estimate of drug-likeness (QED) is 0.786. The third-order valence-electron chi connectivity index (χ3n) is 3.31. The minimum absolute atomic E-state index is 0.0888. The Balaban J connectivity index is 2.03. The van der Waals surface area contributed by atoms with Crippen molar-refractivity contribution in [3.8, 4) is 0 Å². The molecule has 0 saturated heterocycles. The second-order valence-corrected chi connectivity index (χ2v) is 6.82. The smallest absolute Gasteiger partial charge is 0.0361 e. The molecule has 22 heavy (non-hydrogen) atoms. The van der Waals surface area contributed by atoms with Crippen molar-refractivity contribution < 1.29 is 0 Å². The van der Waals surface area contributed by atoms with Gasteiger partial charge in [0.25, 0.3) is 0 Å². The molecule has 0 fully saturated rings. The Morgan fingerprint density at radius 3 is 1.64 bits per heavy atom. The van der Waals surface area contributed by atoms with E-state index >= 15 is 0 Å². The second kappa shape index (κ2) is 6.69. The number of rotatable bonds is 4. The number of benzene rings is 2. The van der Waals surface area contributed by atoms with Crippen LogP contribution >= 0.6 is 0 Å². The van der Waals surface area contributed by atoms with Crippen LogP contribution in [-0.4, -0.2) is 19.6 Å². The van der Waals surface area contributed by atoms with E-state index in [0.717, 1.165) is 5.69 Å². The monoisotopic (exact) mass is 294 g/mol. The Morgan fingerprint density at radius 2 is 1.23 bits per heavy atom. The standard InChI is InChI=1S/C20H26N2/c1-20(2,3)21-18-12-8-16(9-13-18)6-7-17-10-14-19(15-11-17)22(4)5/h6-15,21H,1-5H3/b7-6+. The van der Waals surface area contributed by atoms with Gasteiger partial charge in [-0.25, -0.2) is 0 Å². The molecule has 0 radical (unpaired) electrons. The fourth-order valence-electron chi connectivity index (χ4n) is 2.19. The number of anilines is 2. The van der Waals surface area contributed by atoms with Gasteiger partial charge in [0.15, 0.2) is 0 Å². The van der Waals surface area contributed by atoms with Gasteiger partial charge in [-0.05, 0) is 56.2 Å². The van der Waals surface area contributed by atoms with Gasteiger partial charge in [0.2, 0.25) is 0 Å². The highest BCUT2D eigenvalue weighted by Gasteiger charge is 2.08. The van der Waals surface area contributed by atoms with Gasteiger partial charge in [-0.15, -0.1) is 0 Å². The van der Waals surface area contributed by atoms with Crippen LogP contribution in [0.3, 0.4) is 0 Å². The van der Waals surface area contributed by atoms with Crippen LogP contribution < -0.4 is 10.2 Å². The molecule has 0 heterocycles. The lowest BCUT2D eigenvalue weighted by molar-refractivity contribution is 0.634. The van der Waals surface area contributed by atoms with E-state index < -0.39 is 0 Å². The Kier molecular flexibility index (Phi) is 4.92. The van der Waals surface area contributed by atoms with Gasteiger partial charge in [0, 0.05) is 31.0 Å². The molecule has 0 aliphatic rings. The highest BCUT2D eigenvalue weighted by Crippen LogP contribution is 2.18. The number of nitrogens with one attached hydrogen (secondary N) is 1. The molecule has 0 bridgehead atoms. The third kappa shape index (κ3) is 4.96. The first-order valence-electron chi connectivity index (χ1n) is 7.67. The lowest BCUT2D eigenvalue weighted by Crippen LogP contribution is -2.25. The maximum absolute atomic E-state index is 3.47. The molecule has 2 rings (SSSR count). The summed E-state index contributed by atoms with van der Waals surface area (Å²) in [5.41, 5.74) is 4.87. The largest absolute Gasteiger partial charge is 0.380 e. The van der Waals surface area contributed by atoms with E-state index in [-0.39, 0.29) is 5.54 Å². The van der Waals surface area contributed by atoms with Crippen molar-refractivity contribution >= 4 is 23.5 Å². The molecule has 0 aliphatic carbocycles. The van der Waals surface area contributed by atoms with Crippen molar-refractivity contribution in [3.63, 3.8) is 0 Å². The SMILES string of the molecule is CN(C)c1ccc(/C=C/c2ccc(NC(C)(C)C)cc2)cc1. The topological polar surface area (TPSA) is 15.3 Å². The van der Waals surface area contributed by atoms with E-state index in [1.165, 1.54) is 16.8 Å². The van der Waals surface area contributed by atoms with Crippen LogP contribution in [0.25, 0.3) is 12.2 Å². The van der Waals surface area contributed by atoms with Gasteiger partial charge in [-0.2, -0.15) is 0 Å². The summed E-state index contributed by atoms with van der Waals surface area (Å²) in [7, 11) is 4.11. The molecule has 2 aromatic rings. The molecule has 0 amide bonds. The lowest BCUT2D eigenvalue weighted by atomic mass is 10.1. The summed E-state index contributed by atoms with van der Waals surface area (Å²) in [4.78, 5) is 2.11. The molecule has 116 valence electrons. The molecule has 0 aromatic heterocycles. The summed E-state index contributed by atoms with van der Waals surface area (Å²) in [6.45, 7) is 6.49. The minimum Gasteiger partial charge on any atom is -0.380 e. The summed E-state index contributed by atoms with van der Waals surface area (Å²) in [5.74, 6) is 0. The average molecular weight is 294 g/mol.